The SMILES string of the molecule is CC(C)n1ncc2ccc(Nc3cc(N4CCC[C@H](N)C4)c(CCc4cnn(CC(F)(F)F)c4)cn3)nc21. The minimum atomic E-state index is -4.30. The Labute approximate surface area is 218 Å². The van der Waals surface area contributed by atoms with Gasteiger partial charge < -0.3 is 16.0 Å². The molecule has 0 amide bonds. The van der Waals surface area contributed by atoms with Crippen LogP contribution in [0.25, 0.3) is 11.0 Å². The first kappa shape index (κ1) is 26.0. The van der Waals surface area contributed by atoms with Gasteiger partial charge in [-0.15, -0.1) is 0 Å². The van der Waals surface area contributed by atoms with Gasteiger partial charge in [-0.2, -0.15) is 23.4 Å². The van der Waals surface area contributed by atoms with Gasteiger partial charge in [-0.3, -0.25) is 4.68 Å². The molecule has 4 aromatic heterocycles. The maximum atomic E-state index is 12.7. The normalized spacial score (nSPS) is 16.5. The second-order valence-electron chi connectivity index (χ2n) is 10.1. The van der Waals surface area contributed by atoms with Gasteiger partial charge in [0.2, 0.25) is 0 Å². The number of halogens is 3. The van der Waals surface area contributed by atoms with Gasteiger partial charge in [0, 0.05) is 54.7 Å². The van der Waals surface area contributed by atoms with Gasteiger partial charge >= 0.3 is 6.18 Å². The van der Waals surface area contributed by atoms with E-state index in [4.69, 9.17) is 10.7 Å². The summed E-state index contributed by atoms with van der Waals surface area (Å²) in [5.74, 6) is 1.32. The number of piperidine rings is 1. The third kappa shape index (κ3) is 6.07. The Balaban J connectivity index is 1.38. The van der Waals surface area contributed by atoms with E-state index in [1.807, 2.05) is 35.3 Å². The Morgan fingerprint density at radius 1 is 1.11 bits per heavy atom. The molecule has 0 aliphatic carbocycles. The lowest BCUT2D eigenvalue weighted by Crippen LogP contribution is -2.43. The van der Waals surface area contributed by atoms with Gasteiger partial charge in [-0.1, -0.05) is 0 Å². The first-order valence-corrected chi connectivity index (χ1v) is 12.8. The van der Waals surface area contributed by atoms with Gasteiger partial charge in [0.1, 0.15) is 18.2 Å². The Morgan fingerprint density at radius 2 is 1.95 bits per heavy atom. The first-order chi connectivity index (χ1) is 18.1. The number of fused-ring (bicyclic) bond motifs is 1. The number of anilines is 3. The number of pyridine rings is 2. The molecule has 5 rings (SSSR count). The quantitative estimate of drug-likeness (QED) is 0.345. The maximum absolute atomic E-state index is 12.7. The first-order valence-electron chi connectivity index (χ1n) is 12.8. The van der Waals surface area contributed by atoms with E-state index in [-0.39, 0.29) is 12.1 Å². The molecule has 0 bridgehead atoms. The van der Waals surface area contributed by atoms with E-state index in [1.54, 1.807) is 0 Å². The average molecular weight is 528 g/mol. The summed E-state index contributed by atoms with van der Waals surface area (Å²) < 4.78 is 40.9. The van der Waals surface area contributed by atoms with Crippen molar-refractivity contribution in [2.45, 2.75) is 64.3 Å². The number of aromatic nitrogens is 6. The number of rotatable bonds is 8. The molecule has 5 heterocycles. The monoisotopic (exact) mass is 527 g/mol. The topological polar surface area (TPSA) is 103 Å². The summed E-state index contributed by atoms with van der Waals surface area (Å²) in [6, 6.07) is 6.16. The van der Waals surface area contributed by atoms with Crippen molar-refractivity contribution >= 4 is 28.4 Å². The molecule has 3 N–H and O–H groups in total. The molecule has 9 nitrogen and oxygen atoms in total. The third-order valence-corrected chi connectivity index (χ3v) is 6.66. The second kappa shape index (κ2) is 10.6. The Kier molecular flexibility index (Phi) is 7.24. The van der Waals surface area contributed by atoms with Crippen LogP contribution in [0.15, 0.2) is 43.0 Å². The van der Waals surface area contributed by atoms with Crippen LogP contribution in [-0.2, 0) is 19.4 Å². The highest BCUT2D eigenvalue weighted by Gasteiger charge is 2.28. The smallest absolute Gasteiger partial charge is 0.370 e. The van der Waals surface area contributed by atoms with Crippen molar-refractivity contribution in [2.24, 2.45) is 5.73 Å². The number of nitrogens with one attached hydrogen (secondary N) is 1. The highest BCUT2D eigenvalue weighted by Crippen LogP contribution is 2.29. The lowest BCUT2D eigenvalue weighted by molar-refractivity contribution is -0.142. The largest absolute Gasteiger partial charge is 0.408 e. The van der Waals surface area contributed by atoms with Crippen LogP contribution in [0, 0.1) is 0 Å². The van der Waals surface area contributed by atoms with Crippen LogP contribution in [0.3, 0.4) is 0 Å². The Bertz CT molecular complexity index is 1390. The van der Waals surface area contributed by atoms with Crippen molar-refractivity contribution in [1.29, 1.82) is 0 Å². The lowest BCUT2D eigenvalue weighted by Gasteiger charge is -2.34. The highest BCUT2D eigenvalue weighted by molar-refractivity contribution is 5.77. The maximum Gasteiger partial charge on any atom is 0.408 e. The molecular formula is C26H32F3N9. The molecule has 1 atom stereocenters. The van der Waals surface area contributed by atoms with E-state index in [2.05, 4.69) is 39.2 Å². The number of hydrogen-bond acceptors (Lipinski definition) is 7. The summed E-state index contributed by atoms with van der Waals surface area (Å²) in [5, 5.41) is 12.6. The summed E-state index contributed by atoms with van der Waals surface area (Å²) in [6.45, 7) is 4.64. The van der Waals surface area contributed by atoms with Crippen molar-refractivity contribution in [2.75, 3.05) is 23.3 Å². The molecule has 0 saturated carbocycles. The average Bonchev–Trinajstić information content (AvgIpc) is 3.48. The molecule has 12 heteroatoms. The van der Waals surface area contributed by atoms with Crippen LogP contribution in [-0.4, -0.2) is 54.8 Å². The number of nitrogens with zero attached hydrogens (tertiary/aromatic N) is 7. The molecule has 38 heavy (non-hydrogen) atoms. The number of alkyl halides is 3. The molecule has 1 fully saturated rings. The molecule has 0 radical (unpaired) electrons. The lowest BCUT2D eigenvalue weighted by atomic mass is 10.0. The van der Waals surface area contributed by atoms with Gasteiger partial charge in [-0.25, -0.2) is 14.6 Å². The summed E-state index contributed by atoms with van der Waals surface area (Å²) in [7, 11) is 0. The van der Waals surface area contributed by atoms with E-state index in [1.165, 1.54) is 12.4 Å². The Hall–Kier alpha value is -3.67. The van der Waals surface area contributed by atoms with Crippen LogP contribution >= 0.6 is 0 Å². The van der Waals surface area contributed by atoms with Crippen molar-refractivity contribution in [3.8, 4) is 0 Å². The Morgan fingerprint density at radius 3 is 2.71 bits per heavy atom. The summed E-state index contributed by atoms with van der Waals surface area (Å²) in [6.07, 6.45) is 5.43. The number of aryl methyl sites for hydroxylation is 2. The fraction of sp³-hybridized carbons (Fsp3) is 0.462. The molecule has 0 unspecified atom stereocenters. The highest BCUT2D eigenvalue weighted by atomic mass is 19.4. The van der Waals surface area contributed by atoms with Crippen molar-refractivity contribution < 1.29 is 13.2 Å². The van der Waals surface area contributed by atoms with Crippen LogP contribution < -0.4 is 16.0 Å². The molecular weight excluding hydrogens is 495 g/mol. The van der Waals surface area contributed by atoms with Gasteiger partial charge in [0.05, 0.1) is 12.4 Å². The zero-order valence-electron chi connectivity index (χ0n) is 21.5. The predicted molar refractivity (Wildman–Crippen MR) is 141 cm³/mol. The van der Waals surface area contributed by atoms with Crippen LogP contribution in [0.1, 0.15) is 43.9 Å². The minimum absolute atomic E-state index is 0.0853. The molecule has 1 saturated heterocycles. The van der Waals surface area contributed by atoms with Crippen LogP contribution in [0.2, 0.25) is 0 Å². The molecule has 1 aliphatic heterocycles. The minimum Gasteiger partial charge on any atom is -0.370 e. The second-order valence-corrected chi connectivity index (χ2v) is 10.1. The fourth-order valence-corrected chi connectivity index (χ4v) is 4.84. The number of nitrogens with two attached hydrogens (primary N) is 1. The summed E-state index contributed by atoms with van der Waals surface area (Å²) in [5.41, 5.74) is 9.86. The van der Waals surface area contributed by atoms with Crippen molar-refractivity contribution in [3.63, 3.8) is 0 Å². The molecule has 0 spiro atoms. The number of hydrogen-bond donors (Lipinski definition) is 2. The van der Waals surface area contributed by atoms with E-state index in [9.17, 15) is 13.2 Å². The van der Waals surface area contributed by atoms with Gasteiger partial charge in [0.15, 0.2) is 5.65 Å². The van der Waals surface area contributed by atoms with E-state index < -0.39 is 12.7 Å². The van der Waals surface area contributed by atoms with E-state index in [0.717, 1.165) is 58.5 Å². The van der Waals surface area contributed by atoms with Crippen molar-refractivity contribution in [3.05, 3.63) is 54.1 Å². The fourth-order valence-electron chi connectivity index (χ4n) is 4.84. The molecule has 4 aromatic rings. The molecule has 202 valence electrons. The summed E-state index contributed by atoms with van der Waals surface area (Å²) >= 11 is 0. The third-order valence-electron chi connectivity index (χ3n) is 6.66. The van der Waals surface area contributed by atoms with Crippen molar-refractivity contribution in [1.82, 2.24) is 29.5 Å². The summed E-state index contributed by atoms with van der Waals surface area (Å²) in [4.78, 5) is 11.7. The molecule has 0 aromatic carbocycles. The zero-order valence-corrected chi connectivity index (χ0v) is 21.5. The van der Waals surface area contributed by atoms with Crippen LogP contribution in [0.4, 0.5) is 30.5 Å². The standard InChI is InChI=1S/C26H32F3N9/c1-17(2)38-25-20(13-33-38)7-8-23(35-25)34-24-10-22(36-9-3-4-21(30)15-36)19(12-31-24)6-5-18-11-32-37(14-18)16-26(27,28)29/h7-8,10-14,17,21H,3-6,9,15-16,30H2,1-2H3,(H,31,34,35)/t21-/m0/s1. The van der Waals surface area contributed by atoms with E-state index >= 15 is 0 Å². The van der Waals surface area contributed by atoms with Gasteiger partial charge in [0.25, 0.3) is 0 Å². The predicted octanol–water partition coefficient (Wildman–Crippen LogP) is 4.62. The van der Waals surface area contributed by atoms with E-state index in [0.29, 0.717) is 24.5 Å². The zero-order chi connectivity index (χ0) is 26.9. The van der Waals surface area contributed by atoms with Crippen LogP contribution in [0.5, 0.6) is 0 Å². The van der Waals surface area contributed by atoms with Gasteiger partial charge in [-0.05, 0) is 62.8 Å². The molecule has 1 aliphatic rings.